The molecule has 2 aromatic heterocycles. The predicted molar refractivity (Wildman–Crippen MR) is 90.5 cm³/mol. The van der Waals surface area contributed by atoms with E-state index in [1.54, 1.807) is 0 Å². The third-order valence-corrected chi connectivity index (χ3v) is 7.10. The summed E-state index contributed by atoms with van der Waals surface area (Å²) in [7, 11) is 1.98. The van der Waals surface area contributed by atoms with Gasteiger partial charge in [-0.25, -0.2) is 0 Å². The minimum atomic E-state index is 0.0571. The van der Waals surface area contributed by atoms with Crippen LogP contribution in [0.25, 0.3) is 0 Å². The van der Waals surface area contributed by atoms with E-state index in [0.29, 0.717) is 0 Å². The molecule has 0 saturated heterocycles. The van der Waals surface area contributed by atoms with Gasteiger partial charge >= 0.3 is 0 Å². The van der Waals surface area contributed by atoms with Crippen molar-refractivity contribution in [2.45, 2.75) is 31.6 Å². The number of aryl methyl sites for hydroxylation is 3. The van der Waals surface area contributed by atoms with Gasteiger partial charge in [0.25, 0.3) is 0 Å². The predicted octanol–water partition coefficient (Wildman–Crippen LogP) is 3.58. The number of hydrogen-bond donors (Lipinski definition) is 1. The van der Waals surface area contributed by atoms with E-state index < -0.39 is 0 Å². The van der Waals surface area contributed by atoms with E-state index in [1.165, 1.54) is 33.2 Å². The summed E-state index contributed by atoms with van der Waals surface area (Å²) in [5, 5.41) is 4.44. The maximum absolute atomic E-state index is 6.43. The van der Waals surface area contributed by atoms with Crippen LogP contribution >= 0.6 is 39.0 Å². The fraction of sp³-hybridized carbons (Fsp3) is 0.500. The van der Waals surface area contributed by atoms with Crippen molar-refractivity contribution in [2.75, 3.05) is 5.75 Å². The van der Waals surface area contributed by atoms with E-state index in [2.05, 4.69) is 27.1 Å². The van der Waals surface area contributed by atoms with E-state index in [-0.39, 0.29) is 6.04 Å². The summed E-state index contributed by atoms with van der Waals surface area (Å²) in [6, 6.07) is 2.37. The van der Waals surface area contributed by atoms with Crippen LogP contribution in [0.4, 0.5) is 0 Å². The van der Waals surface area contributed by atoms with Crippen LogP contribution in [0.5, 0.6) is 0 Å². The molecule has 2 N–H and O–H groups in total. The molecule has 0 aromatic carbocycles. The number of thioether (sulfide) groups is 1. The number of rotatable bonds is 3. The Balaban J connectivity index is 1.82. The van der Waals surface area contributed by atoms with Gasteiger partial charge in [-0.3, -0.25) is 4.68 Å². The quantitative estimate of drug-likeness (QED) is 0.896. The number of hydrogen-bond acceptors (Lipinski definition) is 4. The fourth-order valence-electron chi connectivity index (χ4n) is 2.56. The number of aromatic nitrogens is 2. The Kier molecular flexibility index (Phi) is 4.26. The van der Waals surface area contributed by atoms with Crippen LogP contribution in [0.3, 0.4) is 0 Å². The molecular weight excluding hydrogens is 354 g/mol. The molecule has 20 heavy (non-hydrogen) atoms. The molecule has 0 aliphatic carbocycles. The number of nitrogens with two attached hydrogens (primary N) is 1. The molecule has 1 aliphatic heterocycles. The van der Waals surface area contributed by atoms with E-state index >= 15 is 0 Å². The van der Waals surface area contributed by atoms with Gasteiger partial charge in [-0.05, 0) is 46.7 Å². The van der Waals surface area contributed by atoms with Crippen LogP contribution < -0.4 is 5.73 Å². The third kappa shape index (κ3) is 2.71. The summed E-state index contributed by atoms with van der Waals surface area (Å²) in [5.41, 5.74) is 10.1. The lowest BCUT2D eigenvalue weighted by molar-refractivity contribution is 0.644. The van der Waals surface area contributed by atoms with Crippen molar-refractivity contribution in [2.24, 2.45) is 12.8 Å². The van der Waals surface area contributed by atoms with Crippen molar-refractivity contribution < 1.29 is 0 Å². The lowest BCUT2D eigenvalue weighted by atomic mass is 10.1. The topological polar surface area (TPSA) is 43.8 Å². The molecule has 2 aromatic rings. The second-order valence-corrected chi connectivity index (χ2v) is 8.25. The van der Waals surface area contributed by atoms with Gasteiger partial charge < -0.3 is 5.73 Å². The summed E-state index contributed by atoms with van der Waals surface area (Å²) >= 11 is 7.54. The molecule has 6 heteroatoms. The minimum Gasteiger partial charge on any atom is -0.323 e. The first-order valence-electron chi connectivity index (χ1n) is 6.69. The van der Waals surface area contributed by atoms with Crippen LogP contribution in [0.15, 0.2) is 10.5 Å². The SMILES string of the molecule is Cc1nn(C)c(CC(N)c2cc3c(s2)CCSC3)c1Br. The molecule has 1 unspecified atom stereocenters. The molecule has 3 heterocycles. The highest BCUT2D eigenvalue weighted by Gasteiger charge is 2.20. The van der Waals surface area contributed by atoms with Crippen LogP contribution in [-0.2, 0) is 25.6 Å². The molecule has 3 nitrogen and oxygen atoms in total. The van der Waals surface area contributed by atoms with E-state index in [1.807, 2.05) is 41.8 Å². The highest BCUT2D eigenvalue weighted by Crippen LogP contribution is 2.35. The Hall–Kier alpha value is -0.300. The molecule has 0 saturated carbocycles. The number of thiophene rings is 1. The van der Waals surface area contributed by atoms with Gasteiger partial charge in [0.15, 0.2) is 0 Å². The number of fused-ring (bicyclic) bond motifs is 1. The smallest absolute Gasteiger partial charge is 0.0738 e. The monoisotopic (exact) mass is 371 g/mol. The van der Waals surface area contributed by atoms with Gasteiger partial charge in [0.2, 0.25) is 0 Å². The van der Waals surface area contributed by atoms with Gasteiger partial charge in [0.05, 0.1) is 15.9 Å². The first kappa shape index (κ1) is 14.6. The van der Waals surface area contributed by atoms with Crippen molar-refractivity contribution in [1.29, 1.82) is 0 Å². The molecule has 1 atom stereocenters. The van der Waals surface area contributed by atoms with Crippen LogP contribution in [0.1, 0.15) is 32.7 Å². The van der Waals surface area contributed by atoms with Crippen molar-refractivity contribution in [3.8, 4) is 0 Å². The van der Waals surface area contributed by atoms with Crippen molar-refractivity contribution in [1.82, 2.24) is 9.78 Å². The zero-order valence-corrected chi connectivity index (χ0v) is 14.9. The highest BCUT2D eigenvalue weighted by molar-refractivity contribution is 9.10. The van der Waals surface area contributed by atoms with E-state index in [4.69, 9.17) is 5.73 Å². The molecule has 0 spiro atoms. The Morgan fingerprint density at radius 1 is 1.55 bits per heavy atom. The second kappa shape index (κ2) is 5.83. The van der Waals surface area contributed by atoms with E-state index in [0.717, 1.165) is 22.3 Å². The van der Waals surface area contributed by atoms with Gasteiger partial charge in [-0.2, -0.15) is 16.9 Å². The largest absolute Gasteiger partial charge is 0.323 e. The Morgan fingerprint density at radius 3 is 3.00 bits per heavy atom. The Bertz CT molecular complexity index is 609. The summed E-state index contributed by atoms with van der Waals surface area (Å²) in [5.74, 6) is 2.39. The molecular formula is C14H18BrN3S2. The Labute approximate surface area is 136 Å². The average molecular weight is 372 g/mol. The fourth-order valence-corrected chi connectivity index (χ4v) is 5.44. The summed E-state index contributed by atoms with van der Waals surface area (Å²) in [6.07, 6.45) is 2.02. The van der Waals surface area contributed by atoms with Gasteiger partial charge in [-0.1, -0.05) is 0 Å². The van der Waals surface area contributed by atoms with E-state index in [9.17, 15) is 0 Å². The lowest BCUT2D eigenvalue weighted by Gasteiger charge is -2.10. The average Bonchev–Trinajstić information content (AvgIpc) is 2.95. The summed E-state index contributed by atoms with van der Waals surface area (Å²) in [4.78, 5) is 2.85. The zero-order valence-electron chi connectivity index (χ0n) is 11.6. The van der Waals surface area contributed by atoms with Gasteiger partial charge in [0, 0.05) is 35.0 Å². The number of halogens is 1. The second-order valence-electron chi connectivity index (χ2n) is 5.18. The molecule has 0 bridgehead atoms. The molecule has 108 valence electrons. The minimum absolute atomic E-state index is 0.0571. The van der Waals surface area contributed by atoms with Crippen molar-refractivity contribution >= 4 is 39.0 Å². The Morgan fingerprint density at radius 2 is 2.35 bits per heavy atom. The molecule has 3 rings (SSSR count). The van der Waals surface area contributed by atoms with Crippen LogP contribution in [0.2, 0.25) is 0 Å². The summed E-state index contributed by atoms with van der Waals surface area (Å²) < 4.78 is 3.02. The van der Waals surface area contributed by atoms with Crippen molar-refractivity contribution in [3.05, 3.63) is 37.2 Å². The third-order valence-electron chi connectivity index (χ3n) is 3.69. The maximum Gasteiger partial charge on any atom is 0.0738 e. The normalized spacial score (nSPS) is 16.2. The van der Waals surface area contributed by atoms with Crippen LogP contribution in [-0.4, -0.2) is 15.5 Å². The van der Waals surface area contributed by atoms with Crippen molar-refractivity contribution in [3.63, 3.8) is 0 Å². The summed E-state index contributed by atoms with van der Waals surface area (Å²) in [6.45, 7) is 2.01. The van der Waals surface area contributed by atoms with Gasteiger partial charge in [-0.15, -0.1) is 11.3 Å². The standard InChI is InChI=1S/C14H18BrN3S2/c1-8-14(15)11(18(2)17-8)6-10(16)13-5-9-7-19-4-3-12(9)20-13/h5,10H,3-4,6-7,16H2,1-2H3. The molecule has 0 radical (unpaired) electrons. The highest BCUT2D eigenvalue weighted by atomic mass is 79.9. The molecule has 0 amide bonds. The molecule has 1 aliphatic rings. The first-order chi connectivity index (χ1) is 9.56. The van der Waals surface area contributed by atoms with Gasteiger partial charge in [0.1, 0.15) is 0 Å². The first-order valence-corrected chi connectivity index (χ1v) is 9.45. The maximum atomic E-state index is 6.43. The molecule has 0 fully saturated rings. The number of nitrogens with zero attached hydrogens (tertiary/aromatic N) is 2. The van der Waals surface area contributed by atoms with Crippen LogP contribution in [0, 0.1) is 6.92 Å². The zero-order chi connectivity index (χ0) is 14.3. The lowest BCUT2D eigenvalue weighted by Crippen LogP contribution is -2.14.